The number of aromatic hydroxyl groups is 1. The molecular weight excluding hydrogens is 259 g/mol. The zero-order valence-corrected chi connectivity index (χ0v) is 11.0. The highest BCUT2D eigenvalue weighted by molar-refractivity contribution is 5.89. The number of amides is 1. The van der Waals surface area contributed by atoms with Crippen LogP contribution in [0.15, 0.2) is 42.5 Å². The number of phenols is 1. The summed E-state index contributed by atoms with van der Waals surface area (Å²) in [6, 6.07) is 11.1. The van der Waals surface area contributed by atoms with Gasteiger partial charge in [-0.25, -0.2) is 4.39 Å². The number of hydrogen-bond acceptors (Lipinski definition) is 3. The van der Waals surface area contributed by atoms with Crippen LogP contribution >= 0.6 is 0 Å². The molecule has 0 fully saturated rings. The number of halogens is 1. The van der Waals surface area contributed by atoms with E-state index in [0.717, 1.165) is 11.8 Å². The van der Waals surface area contributed by atoms with Gasteiger partial charge in [0, 0.05) is 30.9 Å². The average molecular weight is 274 g/mol. The Morgan fingerprint density at radius 3 is 2.65 bits per heavy atom. The van der Waals surface area contributed by atoms with Gasteiger partial charge in [-0.3, -0.25) is 4.79 Å². The Morgan fingerprint density at radius 1 is 1.20 bits per heavy atom. The molecule has 2 aromatic rings. The van der Waals surface area contributed by atoms with E-state index in [1.165, 1.54) is 19.1 Å². The van der Waals surface area contributed by atoms with Crippen molar-refractivity contribution in [2.45, 2.75) is 13.5 Å². The van der Waals surface area contributed by atoms with Crippen LogP contribution in [0.2, 0.25) is 0 Å². The summed E-state index contributed by atoms with van der Waals surface area (Å²) in [7, 11) is 0. The van der Waals surface area contributed by atoms with Crippen LogP contribution in [0.5, 0.6) is 5.75 Å². The Kier molecular flexibility index (Phi) is 4.20. The van der Waals surface area contributed by atoms with Crippen molar-refractivity contribution in [1.82, 2.24) is 0 Å². The molecule has 2 rings (SSSR count). The lowest BCUT2D eigenvalue weighted by molar-refractivity contribution is -0.114. The number of anilines is 2. The van der Waals surface area contributed by atoms with Gasteiger partial charge in [-0.15, -0.1) is 0 Å². The number of nitrogens with one attached hydrogen (secondary N) is 2. The van der Waals surface area contributed by atoms with Crippen molar-refractivity contribution in [3.8, 4) is 5.75 Å². The molecule has 0 bridgehead atoms. The first kappa shape index (κ1) is 13.9. The third kappa shape index (κ3) is 3.98. The zero-order chi connectivity index (χ0) is 14.5. The van der Waals surface area contributed by atoms with Gasteiger partial charge in [0.1, 0.15) is 11.6 Å². The van der Waals surface area contributed by atoms with Gasteiger partial charge < -0.3 is 15.7 Å². The van der Waals surface area contributed by atoms with E-state index in [1.807, 2.05) is 6.07 Å². The van der Waals surface area contributed by atoms with E-state index in [-0.39, 0.29) is 11.7 Å². The largest absolute Gasteiger partial charge is 0.508 e. The van der Waals surface area contributed by atoms with Crippen molar-refractivity contribution in [3.05, 3.63) is 53.8 Å². The maximum Gasteiger partial charge on any atom is 0.221 e. The lowest BCUT2D eigenvalue weighted by Gasteiger charge is -2.09. The fraction of sp³-hybridized carbons (Fsp3) is 0.133. The van der Waals surface area contributed by atoms with Crippen molar-refractivity contribution >= 4 is 17.3 Å². The lowest BCUT2D eigenvalue weighted by atomic mass is 10.2. The van der Waals surface area contributed by atoms with Gasteiger partial charge in [-0.05, 0) is 35.9 Å². The van der Waals surface area contributed by atoms with Gasteiger partial charge in [0.15, 0.2) is 0 Å². The number of benzene rings is 2. The molecule has 0 aromatic heterocycles. The molecule has 0 aliphatic rings. The van der Waals surface area contributed by atoms with Crippen LogP contribution in [-0.2, 0) is 11.3 Å². The normalized spacial score (nSPS) is 10.1. The van der Waals surface area contributed by atoms with E-state index in [1.54, 1.807) is 18.2 Å². The van der Waals surface area contributed by atoms with Gasteiger partial charge in [0.25, 0.3) is 0 Å². The van der Waals surface area contributed by atoms with Gasteiger partial charge in [-0.2, -0.15) is 0 Å². The van der Waals surface area contributed by atoms with Crippen molar-refractivity contribution in [1.29, 1.82) is 0 Å². The highest BCUT2D eigenvalue weighted by Crippen LogP contribution is 2.18. The summed E-state index contributed by atoms with van der Waals surface area (Å²) < 4.78 is 13.1. The fourth-order valence-electron chi connectivity index (χ4n) is 1.85. The standard InChI is InChI=1S/C15H15FN2O2/c1-10(19)18-14-4-2-3-13(8-14)17-9-11-5-12(16)7-15(20)6-11/h2-8,17,20H,9H2,1H3,(H,18,19). The number of hydrogen-bond donors (Lipinski definition) is 3. The van der Waals surface area contributed by atoms with Crippen LogP contribution in [0, 0.1) is 5.82 Å². The smallest absolute Gasteiger partial charge is 0.221 e. The van der Waals surface area contributed by atoms with Gasteiger partial charge in [0.2, 0.25) is 5.91 Å². The van der Waals surface area contributed by atoms with Gasteiger partial charge >= 0.3 is 0 Å². The molecule has 0 atom stereocenters. The molecule has 5 heteroatoms. The summed E-state index contributed by atoms with van der Waals surface area (Å²) in [6.07, 6.45) is 0. The molecule has 20 heavy (non-hydrogen) atoms. The van der Waals surface area contributed by atoms with Crippen LogP contribution < -0.4 is 10.6 Å². The summed E-state index contributed by atoms with van der Waals surface area (Å²) in [6.45, 7) is 1.81. The van der Waals surface area contributed by atoms with E-state index in [0.29, 0.717) is 17.8 Å². The second-order valence-corrected chi connectivity index (χ2v) is 4.43. The summed E-state index contributed by atoms with van der Waals surface area (Å²) in [5, 5.41) is 15.1. The first-order chi connectivity index (χ1) is 9.52. The highest BCUT2D eigenvalue weighted by atomic mass is 19.1. The maximum atomic E-state index is 13.1. The number of carbonyl (C=O) groups excluding carboxylic acids is 1. The summed E-state index contributed by atoms with van der Waals surface area (Å²) in [5.74, 6) is -0.722. The molecular formula is C15H15FN2O2. The monoisotopic (exact) mass is 274 g/mol. The molecule has 0 aliphatic heterocycles. The molecule has 0 radical (unpaired) electrons. The predicted molar refractivity (Wildman–Crippen MR) is 76.1 cm³/mol. The van der Waals surface area contributed by atoms with Crippen LogP contribution in [0.25, 0.3) is 0 Å². The third-order valence-corrected chi connectivity index (χ3v) is 2.62. The number of phenolic OH excluding ortho intramolecular Hbond substituents is 1. The Hall–Kier alpha value is -2.56. The molecule has 2 aromatic carbocycles. The van der Waals surface area contributed by atoms with Crippen LogP contribution in [0.3, 0.4) is 0 Å². The molecule has 4 nitrogen and oxygen atoms in total. The Labute approximate surface area is 116 Å². The van der Waals surface area contributed by atoms with Crippen molar-refractivity contribution in [3.63, 3.8) is 0 Å². The van der Waals surface area contributed by atoms with E-state index >= 15 is 0 Å². The second-order valence-electron chi connectivity index (χ2n) is 4.43. The van der Waals surface area contributed by atoms with Crippen molar-refractivity contribution in [2.24, 2.45) is 0 Å². The Bertz CT molecular complexity index is 609. The first-order valence-corrected chi connectivity index (χ1v) is 6.13. The second kappa shape index (κ2) is 6.06. The van der Waals surface area contributed by atoms with Gasteiger partial charge in [0.05, 0.1) is 0 Å². The molecule has 104 valence electrons. The zero-order valence-electron chi connectivity index (χ0n) is 11.0. The highest BCUT2D eigenvalue weighted by Gasteiger charge is 2.01. The third-order valence-electron chi connectivity index (χ3n) is 2.62. The van der Waals surface area contributed by atoms with Crippen molar-refractivity contribution in [2.75, 3.05) is 10.6 Å². The van der Waals surface area contributed by atoms with Crippen LogP contribution in [0.4, 0.5) is 15.8 Å². The summed E-state index contributed by atoms with van der Waals surface area (Å²) in [5.41, 5.74) is 2.11. The van der Waals surface area contributed by atoms with Gasteiger partial charge in [-0.1, -0.05) is 6.07 Å². The fourth-order valence-corrected chi connectivity index (χ4v) is 1.85. The SMILES string of the molecule is CC(=O)Nc1cccc(NCc2cc(O)cc(F)c2)c1. The van der Waals surface area contributed by atoms with Crippen LogP contribution in [-0.4, -0.2) is 11.0 Å². The number of rotatable bonds is 4. The lowest BCUT2D eigenvalue weighted by Crippen LogP contribution is -2.06. The predicted octanol–water partition coefficient (Wildman–Crippen LogP) is 3.10. The van der Waals surface area contributed by atoms with E-state index in [9.17, 15) is 14.3 Å². The average Bonchev–Trinajstić information content (AvgIpc) is 2.35. The van der Waals surface area contributed by atoms with Crippen LogP contribution in [0.1, 0.15) is 12.5 Å². The minimum atomic E-state index is -0.478. The molecule has 3 N–H and O–H groups in total. The van der Waals surface area contributed by atoms with E-state index in [2.05, 4.69) is 10.6 Å². The molecule has 0 saturated carbocycles. The number of carbonyl (C=O) groups is 1. The molecule has 0 aliphatic carbocycles. The minimum Gasteiger partial charge on any atom is -0.508 e. The first-order valence-electron chi connectivity index (χ1n) is 6.13. The minimum absolute atomic E-state index is 0.103. The summed E-state index contributed by atoms with van der Waals surface area (Å²) in [4.78, 5) is 11.0. The maximum absolute atomic E-state index is 13.1. The Morgan fingerprint density at radius 2 is 1.95 bits per heavy atom. The Balaban J connectivity index is 2.05. The molecule has 0 saturated heterocycles. The molecule has 0 heterocycles. The van der Waals surface area contributed by atoms with E-state index in [4.69, 9.17) is 0 Å². The molecule has 1 amide bonds. The van der Waals surface area contributed by atoms with E-state index < -0.39 is 5.82 Å². The topological polar surface area (TPSA) is 61.4 Å². The molecule has 0 spiro atoms. The van der Waals surface area contributed by atoms with Crippen molar-refractivity contribution < 1.29 is 14.3 Å². The quantitative estimate of drug-likeness (QED) is 0.802. The molecule has 0 unspecified atom stereocenters. The summed E-state index contributed by atoms with van der Waals surface area (Å²) >= 11 is 0.